The van der Waals surface area contributed by atoms with Crippen LogP contribution in [0.2, 0.25) is 5.02 Å². The standard InChI is InChI=1S/C27H34ClNO5/c1-5-33-23-15-17(14-18(28)27(23)34-16(2)3)24-25-19(8-6-10-21(25)30)29(12-13-32-4)20-9-7-11-22(31)26(20)24/h14-16,24H,5-13H2,1-4H3. The van der Waals surface area contributed by atoms with Gasteiger partial charge in [0.15, 0.2) is 23.1 Å². The van der Waals surface area contributed by atoms with Crippen molar-refractivity contribution in [3.8, 4) is 11.5 Å². The Bertz CT molecular complexity index is 998. The van der Waals surface area contributed by atoms with Crippen LogP contribution in [0.1, 0.15) is 70.8 Å². The van der Waals surface area contributed by atoms with Gasteiger partial charge in [0.05, 0.1) is 24.3 Å². The number of allylic oxidation sites excluding steroid dienone is 4. The van der Waals surface area contributed by atoms with Gasteiger partial charge in [-0.15, -0.1) is 0 Å². The van der Waals surface area contributed by atoms with E-state index >= 15 is 0 Å². The molecule has 0 N–H and O–H groups in total. The first-order valence-corrected chi connectivity index (χ1v) is 12.7. The molecule has 184 valence electrons. The molecule has 0 saturated carbocycles. The Labute approximate surface area is 206 Å². The van der Waals surface area contributed by atoms with E-state index in [9.17, 15) is 9.59 Å². The first-order chi connectivity index (χ1) is 16.4. The molecule has 0 saturated heterocycles. The maximum atomic E-state index is 13.4. The van der Waals surface area contributed by atoms with Crippen LogP contribution in [0.4, 0.5) is 0 Å². The van der Waals surface area contributed by atoms with Gasteiger partial charge in [-0.2, -0.15) is 0 Å². The number of halogens is 1. The van der Waals surface area contributed by atoms with Gasteiger partial charge >= 0.3 is 0 Å². The van der Waals surface area contributed by atoms with Crippen LogP contribution in [0, 0.1) is 0 Å². The third-order valence-corrected chi connectivity index (χ3v) is 6.90. The summed E-state index contributed by atoms with van der Waals surface area (Å²) in [5.74, 6) is 0.809. The molecule has 0 atom stereocenters. The third kappa shape index (κ3) is 4.63. The number of benzene rings is 1. The van der Waals surface area contributed by atoms with Gasteiger partial charge in [-0.05, 0) is 64.2 Å². The maximum Gasteiger partial charge on any atom is 0.180 e. The van der Waals surface area contributed by atoms with Gasteiger partial charge in [0.25, 0.3) is 0 Å². The smallest absolute Gasteiger partial charge is 0.180 e. The van der Waals surface area contributed by atoms with Gasteiger partial charge in [-0.3, -0.25) is 9.59 Å². The van der Waals surface area contributed by atoms with E-state index in [4.69, 9.17) is 25.8 Å². The van der Waals surface area contributed by atoms with E-state index in [-0.39, 0.29) is 17.7 Å². The van der Waals surface area contributed by atoms with Crippen LogP contribution in [0.25, 0.3) is 0 Å². The fraction of sp³-hybridized carbons (Fsp3) is 0.556. The van der Waals surface area contributed by atoms with Crippen molar-refractivity contribution in [3.05, 3.63) is 45.3 Å². The predicted molar refractivity (Wildman–Crippen MR) is 131 cm³/mol. The van der Waals surface area contributed by atoms with E-state index in [1.54, 1.807) is 7.11 Å². The molecule has 0 fully saturated rings. The molecule has 0 radical (unpaired) electrons. The first-order valence-electron chi connectivity index (χ1n) is 12.3. The number of ether oxygens (including phenoxy) is 3. The second-order valence-corrected chi connectivity index (χ2v) is 9.69. The summed E-state index contributed by atoms with van der Waals surface area (Å²) in [6, 6.07) is 3.75. The molecule has 0 unspecified atom stereocenters. The van der Waals surface area contributed by atoms with E-state index in [1.165, 1.54) is 0 Å². The molecule has 1 aliphatic heterocycles. The zero-order chi connectivity index (χ0) is 24.4. The average molecular weight is 488 g/mol. The number of carbonyl (C=O) groups is 2. The summed E-state index contributed by atoms with van der Waals surface area (Å²) in [7, 11) is 1.67. The van der Waals surface area contributed by atoms with Crippen molar-refractivity contribution in [3.63, 3.8) is 0 Å². The molecular formula is C27H34ClNO5. The maximum absolute atomic E-state index is 13.4. The fourth-order valence-corrected chi connectivity index (χ4v) is 5.63. The summed E-state index contributed by atoms with van der Waals surface area (Å²) in [5, 5.41) is 0.423. The molecule has 0 aromatic heterocycles. The summed E-state index contributed by atoms with van der Waals surface area (Å²) in [5.41, 5.74) is 4.33. The normalized spacial score (nSPS) is 19.1. The first kappa shape index (κ1) is 24.8. The monoisotopic (exact) mass is 487 g/mol. The van der Waals surface area contributed by atoms with E-state index in [0.29, 0.717) is 49.1 Å². The average Bonchev–Trinajstić information content (AvgIpc) is 2.79. The third-order valence-electron chi connectivity index (χ3n) is 6.62. The van der Waals surface area contributed by atoms with Crippen LogP contribution in [0.5, 0.6) is 11.5 Å². The molecular weight excluding hydrogens is 454 g/mol. The Hall–Kier alpha value is -2.31. The summed E-state index contributed by atoms with van der Waals surface area (Å²) in [6.45, 7) is 7.39. The Morgan fingerprint density at radius 1 is 1.03 bits per heavy atom. The van der Waals surface area contributed by atoms with Gasteiger partial charge in [-0.25, -0.2) is 0 Å². The molecule has 34 heavy (non-hydrogen) atoms. The number of carbonyl (C=O) groups excluding carboxylic acids is 2. The molecule has 3 aliphatic rings. The highest BCUT2D eigenvalue weighted by molar-refractivity contribution is 6.32. The Balaban J connectivity index is 1.92. The summed E-state index contributed by atoms with van der Waals surface area (Å²) < 4.78 is 17.2. The highest BCUT2D eigenvalue weighted by atomic mass is 35.5. The van der Waals surface area contributed by atoms with E-state index in [1.807, 2.05) is 32.9 Å². The minimum atomic E-state index is -0.436. The summed E-state index contributed by atoms with van der Waals surface area (Å²) in [6.07, 6.45) is 4.16. The molecule has 0 bridgehead atoms. The second kappa shape index (κ2) is 10.5. The lowest BCUT2D eigenvalue weighted by atomic mass is 9.71. The van der Waals surface area contributed by atoms with Gasteiger partial charge in [0, 0.05) is 55.0 Å². The minimum absolute atomic E-state index is 0.0740. The van der Waals surface area contributed by atoms with Gasteiger partial charge < -0.3 is 19.1 Å². The molecule has 6 nitrogen and oxygen atoms in total. The Morgan fingerprint density at radius 3 is 2.18 bits per heavy atom. The Morgan fingerprint density at radius 2 is 1.65 bits per heavy atom. The van der Waals surface area contributed by atoms with Crippen LogP contribution < -0.4 is 9.47 Å². The fourth-order valence-electron chi connectivity index (χ4n) is 5.37. The molecule has 0 spiro atoms. The number of hydrogen-bond donors (Lipinski definition) is 0. The summed E-state index contributed by atoms with van der Waals surface area (Å²) in [4.78, 5) is 29.0. The molecule has 0 amide bonds. The van der Waals surface area contributed by atoms with Crippen molar-refractivity contribution in [2.24, 2.45) is 0 Å². The van der Waals surface area contributed by atoms with Crippen molar-refractivity contribution < 1.29 is 23.8 Å². The number of ketones is 2. The Kier molecular flexibility index (Phi) is 7.68. The number of nitrogens with zero attached hydrogens (tertiary/aromatic N) is 1. The van der Waals surface area contributed by atoms with Gasteiger partial charge in [0.2, 0.25) is 0 Å². The lowest BCUT2D eigenvalue weighted by Crippen LogP contribution is -2.40. The lowest BCUT2D eigenvalue weighted by molar-refractivity contribution is -0.117. The topological polar surface area (TPSA) is 65.1 Å². The number of rotatable bonds is 8. The van der Waals surface area contributed by atoms with Crippen LogP contribution in [0.15, 0.2) is 34.7 Å². The lowest BCUT2D eigenvalue weighted by Gasteiger charge is -2.44. The largest absolute Gasteiger partial charge is 0.490 e. The van der Waals surface area contributed by atoms with Gasteiger partial charge in [-0.1, -0.05) is 11.6 Å². The molecule has 1 aromatic carbocycles. The molecule has 4 rings (SSSR count). The molecule has 1 aromatic rings. The van der Waals surface area contributed by atoms with Crippen molar-refractivity contribution in [1.29, 1.82) is 0 Å². The minimum Gasteiger partial charge on any atom is -0.490 e. The summed E-state index contributed by atoms with van der Waals surface area (Å²) >= 11 is 6.72. The van der Waals surface area contributed by atoms with E-state index in [0.717, 1.165) is 53.8 Å². The number of methoxy groups -OCH3 is 1. The van der Waals surface area contributed by atoms with Crippen molar-refractivity contribution in [2.75, 3.05) is 26.9 Å². The number of Topliss-reactive ketones (excluding diaryl/α,β-unsaturated/α-hetero) is 2. The SMILES string of the molecule is CCOc1cc(C2C3=C(CCCC3=O)N(CCOC)C3=C2C(=O)CCC3)cc(Cl)c1OC(C)C. The van der Waals surface area contributed by atoms with Crippen LogP contribution in [-0.2, 0) is 14.3 Å². The van der Waals surface area contributed by atoms with E-state index in [2.05, 4.69) is 4.90 Å². The highest BCUT2D eigenvalue weighted by Crippen LogP contribution is 2.51. The molecule has 1 heterocycles. The van der Waals surface area contributed by atoms with Crippen LogP contribution in [0.3, 0.4) is 0 Å². The molecule has 2 aliphatic carbocycles. The predicted octanol–water partition coefficient (Wildman–Crippen LogP) is 5.59. The van der Waals surface area contributed by atoms with Crippen molar-refractivity contribution in [2.45, 2.75) is 71.3 Å². The number of hydrogen-bond acceptors (Lipinski definition) is 6. The van der Waals surface area contributed by atoms with Crippen LogP contribution in [-0.4, -0.2) is 49.4 Å². The second-order valence-electron chi connectivity index (χ2n) is 9.28. The van der Waals surface area contributed by atoms with Crippen LogP contribution >= 0.6 is 11.6 Å². The highest BCUT2D eigenvalue weighted by Gasteiger charge is 2.43. The quantitative estimate of drug-likeness (QED) is 0.476. The van der Waals surface area contributed by atoms with Crippen molar-refractivity contribution >= 4 is 23.2 Å². The van der Waals surface area contributed by atoms with Gasteiger partial charge in [0.1, 0.15) is 0 Å². The van der Waals surface area contributed by atoms with Crippen molar-refractivity contribution in [1.82, 2.24) is 4.90 Å². The zero-order valence-electron chi connectivity index (χ0n) is 20.5. The molecule has 7 heteroatoms. The zero-order valence-corrected chi connectivity index (χ0v) is 21.3. The van der Waals surface area contributed by atoms with E-state index < -0.39 is 5.92 Å².